The quantitative estimate of drug-likeness (QED) is 0.628. The number of nitrogens with one attached hydrogen (secondary N) is 1. The minimum Gasteiger partial charge on any atom is -0.481 e. The molecule has 0 saturated carbocycles. The molecule has 0 aliphatic carbocycles. The molecule has 94 valence electrons. The zero-order chi connectivity index (χ0) is 12.8. The third-order valence-electron chi connectivity index (χ3n) is 2.77. The Balaban J connectivity index is 4.68. The van der Waals surface area contributed by atoms with Crippen molar-refractivity contribution in [2.24, 2.45) is 5.41 Å². The Morgan fingerprint density at radius 2 is 1.94 bits per heavy atom. The summed E-state index contributed by atoms with van der Waals surface area (Å²) in [6.07, 6.45) is 2.04. The standard InChI is InChI=1S/C10H19NO4S/c1-4-7-16(14,15)11-8-10(5-2,6-3)9(12)13/h4,11H,1,5-8H2,2-3H3,(H,12,13). The second kappa shape index (κ2) is 6.00. The first kappa shape index (κ1) is 15.1. The van der Waals surface area contributed by atoms with E-state index in [9.17, 15) is 13.2 Å². The lowest BCUT2D eigenvalue weighted by molar-refractivity contribution is -0.149. The molecule has 0 aliphatic heterocycles. The number of carboxylic acid groups (broad SMARTS) is 1. The Bertz CT molecular complexity index is 344. The average molecular weight is 249 g/mol. The van der Waals surface area contributed by atoms with Gasteiger partial charge in [-0.2, -0.15) is 0 Å². The molecule has 0 aromatic heterocycles. The van der Waals surface area contributed by atoms with Crippen molar-refractivity contribution in [3.8, 4) is 0 Å². The number of carbonyl (C=O) groups is 1. The van der Waals surface area contributed by atoms with Crippen molar-refractivity contribution in [2.45, 2.75) is 26.7 Å². The van der Waals surface area contributed by atoms with Crippen LogP contribution in [0.3, 0.4) is 0 Å². The molecule has 2 N–H and O–H groups in total. The third kappa shape index (κ3) is 3.94. The van der Waals surface area contributed by atoms with Gasteiger partial charge in [0.05, 0.1) is 11.2 Å². The first-order valence-corrected chi connectivity index (χ1v) is 6.80. The summed E-state index contributed by atoms with van der Waals surface area (Å²) in [5.41, 5.74) is -1.02. The van der Waals surface area contributed by atoms with Crippen LogP contribution in [0.1, 0.15) is 26.7 Å². The molecule has 0 fully saturated rings. The number of carboxylic acids is 1. The maximum absolute atomic E-state index is 11.4. The molecular formula is C10H19NO4S. The van der Waals surface area contributed by atoms with E-state index >= 15 is 0 Å². The summed E-state index contributed by atoms with van der Waals surface area (Å²) in [4.78, 5) is 11.1. The van der Waals surface area contributed by atoms with E-state index in [1.165, 1.54) is 6.08 Å². The first-order valence-electron chi connectivity index (χ1n) is 5.15. The lowest BCUT2D eigenvalue weighted by Gasteiger charge is -2.26. The van der Waals surface area contributed by atoms with Crippen LogP contribution in [0.5, 0.6) is 0 Å². The SMILES string of the molecule is C=CCS(=O)(=O)NCC(CC)(CC)C(=O)O. The molecule has 0 amide bonds. The molecule has 0 aromatic rings. The summed E-state index contributed by atoms with van der Waals surface area (Å²) < 4.78 is 25.0. The highest BCUT2D eigenvalue weighted by Crippen LogP contribution is 2.25. The molecule has 0 unspecified atom stereocenters. The van der Waals surface area contributed by atoms with Gasteiger partial charge in [0.1, 0.15) is 0 Å². The number of sulfonamides is 1. The predicted molar refractivity (Wildman–Crippen MR) is 62.6 cm³/mol. The summed E-state index contributed by atoms with van der Waals surface area (Å²) in [5, 5.41) is 9.10. The average Bonchev–Trinajstić information content (AvgIpc) is 2.19. The van der Waals surface area contributed by atoms with Crippen LogP contribution in [0, 0.1) is 5.41 Å². The zero-order valence-corrected chi connectivity index (χ0v) is 10.5. The lowest BCUT2D eigenvalue weighted by Crippen LogP contribution is -2.42. The summed E-state index contributed by atoms with van der Waals surface area (Å²) in [7, 11) is -3.45. The van der Waals surface area contributed by atoms with Gasteiger partial charge in [-0.25, -0.2) is 13.1 Å². The van der Waals surface area contributed by atoms with Crippen molar-refractivity contribution in [1.29, 1.82) is 0 Å². The van der Waals surface area contributed by atoms with E-state index in [0.717, 1.165) is 0 Å². The van der Waals surface area contributed by atoms with E-state index in [0.29, 0.717) is 12.8 Å². The van der Waals surface area contributed by atoms with E-state index in [-0.39, 0.29) is 12.3 Å². The molecule has 6 heteroatoms. The van der Waals surface area contributed by atoms with Crippen LogP contribution in [0.25, 0.3) is 0 Å². The Hall–Kier alpha value is -0.880. The summed E-state index contributed by atoms with van der Waals surface area (Å²) in [6.45, 7) is 6.72. The van der Waals surface area contributed by atoms with Gasteiger partial charge in [0.15, 0.2) is 0 Å². The minimum absolute atomic E-state index is 0.0779. The monoisotopic (exact) mass is 249 g/mol. The smallest absolute Gasteiger partial charge is 0.310 e. The van der Waals surface area contributed by atoms with Gasteiger partial charge < -0.3 is 5.11 Å². The molecule has 0 rings (SSSR count). The maximum atomic E-state index is 11.4. The highest BCUT2D eigenvalue weighted by atomic mass is 32.2. The number of aliphatic carboxylic acids is 1. The molecule has 0 radical (unpaired) electrons. The molecule has 0 aromatic carbocycles. The Kier molecular flexibility index (Phi) is 5.67. The molecule has 0 heterocycles. The summed E-state index contributed by atoms with van der Waals surface area (Å²) in [5.74, 6) is -1.17. The highest BCUT2D eigenvalue weighted by molar-refractivity contribution is 7.89. The van der Waals surface area contributed by atoms with Crippen LogP contribution >= 0.6 is 0 Å². The first-order chi connectivity index (χ1) is 7.33. The number of rotatable bonds is 8. The fraction of sp³-hybridized carbons (Fsp3) is 0.700. The second-order valence-electron chi connectivity index (χ2n) is 3.68. The normalized spacial score (nSPS) is 12.4. The fourth-order valence-corrected chi connectivity index (χ4v) is 2.26. The molecule has 0 aliphatic rings. The van der Waals surface area contributed by atoms with Crippen molar-refractivity contribution in [3.63, 3.8) is 0 Å². The van der Waals surface area contributed by atoms with Crippen molar-refractivity contribution in [2.75, 3.05) is 12.3 Å². The molecule has 0 atom stereocenters. The van der Waals surface area contributed by atoms with Crippen LogP contribution in [0.4, 0.5) is 0 Å². The zero-order valence-electron chi connectivity index (χ0n) is 9.69. The molecule has 0 bridgehead atoms. The number of hydrogen-bond acceptors (Lipinski definition) is 3. The molecule has 0 spiro atoms. The van der Waals surface area contributed by atoms with Gasteiger partial charge in [0.25, 0.3) is 0 Å². The van der Waals surface area contributed by atoms with Crippen molar-refractivity contribution < 1.29 is 18.3 Å². The van der Waals surface area contributed by atoms with Gasteiger partial charge >= 0.3 is 5.97 Å². The van der Waals surface area contributed by atoms with Gasteiger partial charge in [-0.15, -0.1) is 6.58 Å². The Labute approximate surface area is 96.6 Å². The van der Waals surface area contributed by atoms with Crippen molar-refractivity contribution in [3.05, 3.63) is 12.7 Å². The number of hydrogen-bond donors (Lipinski definition) is 2. The van der Waals surface area contributed by atoms with E-state index in [2.05, 4.69) is 11.3 Å². The Morgan fingerprint density at radius 3 is 2.25 bits per heavy atom. The minimum atomic E-state index is -3.45. The van der Waals surface area contributed by atoms with Crippen molar-refractivity contribution in [1.82, 2.24) is 4.72 Å². The lowest BCUT2D eigenvalue weighted by atomic mass is 9.83. The van der Waals surface area contributed by atoms with Gasteiger partial charge in [-0.05, 0) is 12.8 Å². The Morgan fingerprint density at radius 1 is 1.44 bits per heavy atom. The van der Waals surface area contributed by atoms with E-state index in [1.807, 2.05) is 0 Å². The van der Waals surface area contributed by atoms with Crippen LogP contribution in [0.2, 0.25) is 0 Å². The van der Waals surface area contributed by atoms with Crippen molar-refractivity contribution >= 4 is 16.0 Å². The summed E-state index contributed by atoms with van der Waals surface area (Å²) >= 11 is 0. The second-order valence-corrected chi connectivity index (χ2v) is 5.54. The molecule has 0 saturated heterocycles. The predicted octanol–water partition coefficient (Wildman–Crippen LogP) is 0.983. The van der Waals surface area contributed by atoms with E-state index < -0.39 is 21.4 Å². The van der Waals surface area contributed by atoms with Gasteiger partial charge in [0.2, 0.25) is 10.0 Å². The van der Waals surface area contributed by atoms with Crippen LogP contribution < -0.4 is 4.72 Å². The van der Waals surface area contributed by atoms with E-state index in [1.54, 1.807) is 13.8 Å². The molecular weight excluding hydrogens is 230 g/mol. The topological polar surface area (TPSA) is 83.5 Å². The van der Waals surface area contributed by atoms with E-state index in [4.69, 9.17) is 5.11 Å². The van der Waals surface area contributed by atoms with Crippen LogP contribution in [-0.2, 0) is 14.8 Å². The van der Waals surface area contributed by atoms with Crippen LogP contribution in [0.15, 0.2) is 12.7 Å². The fourth-order valence-electron chi connectivity index (χ4n) is 1.34. The van der Waals surface area contributed by atoms with Gasteiger partial charge in [0, 0.05) is 6.54 Å². The van der Waals surface area contributed by atoms with Crippen LogP contribution in [-0.4, -0.2) is 31.8 Å². The maximum Gasteiger partial charge on any atom is 0.310 e. The highest BCUT2D eigenvalue weighted by Gasteiger charge is 2.35. The summed E-state index contributed by atoms with van der Waals surface area (Å²) in [6, 6.07) is 0. The van der Waals surface area contributed by atoms with Gasteiger partial charge in [-0.3, -0.25) is 4.79 Å². The third-order valence-corrected chi connectivity index (χ3v) is 4.03. The molecule has 5 nitrogen and oxygen atoms in total. The molecule has 16 heavy (non-hydrogen) atoms. The largest absolute Gasteiger partial charge is 0.481 e. The van der Waals surface area contributed by atoms with Gasteiger partial charge in [-0.1, -0.05) is 19.9 Å².